The van der Waals surface area contributed by atoms with E-state index >= 15 is 0 Å². The van der Waals surface area contributed by atoms with Crippen molar-refractivity contribution < 1.29 is 9.53 Å². The van der Waals surface area contributed by atoms with Crippen LogP contribution < -0.4 is 4.74 Å². The maximum Gasteiger partial charge on any atom is 0.193 e. The molecule has 0 unspecified atom stereocenters. The largest absolute Gasteiger partial charge is 0.488 e. The molecule has 0 amide bonds. The molecule has 2 nitrogen and oxygen atoms in total. The Morgan fingerprint density at radius 1 is 0.900 bits per heavy atom. The highest BCUT2D eigenvalue weighted by atomic mass is 79.9. The van der Waals surface area contributed by atoms with Crippen molar-refractivity contribution in [3.8, 4) is 5.75 Å². The standard InChI is InChI=1S/C17H17BrO2/c1-17(2,3)20-15-10-6-13(7-11-15)16(19)12-4-8-14(18)9-5-12/h4-11H,1-3H3. The van der Waals surface area contributed by atoms with Crippen LogP contribution in [0.15, 0.2) is 53.0 Å². The predicted molar refractivity (Wildman–Crippen MR) is 84.4 cm³/mol. The molecule has 0 heterocycles. The van der Waals surface area contributed by atoms with Gasteiger partial charge in [-0.25, -0.2) is 0 Å². The summed E-state index contributed by atoms with van der Waals surface area (Å²) in [6.45, 7) is 5.98. The Morgan fingerprint density at radius 3 is 1.80 bits per heavy atom. The van der Waals surface area contributed by atoms with Crippen molar-refractivity contribution in [3.63, 3.8) is 0 Å². The number of ketones is 1. The molecule has 0 aliphatic carbocycles. The molecule has 0 spiro atoms. The molecule has 2 rings (SSSR count). The van der Waals surface area contributed by atoms with Crippen LogP contribution in [0.1, 0.15) is 36.7 Å². The minimum absolute atomic E-state index is 0.0137. The zero-order chi connectivity index (χ0) is 14.8. The fourth-order valence-electron chi connectivity index (χ4n) is 1.80. The highest BCUT2D eigenvalue weighted by Gasteiger charge is 2.13. The molecule has 104 valence electrons. The van der Waals surface area contributed by atoms with Crippen molar-refractivity contribution in [2.75, 3.05) is 0 Å². The van der Waals surface area contributed by atoms with E-state index in [0.29, 0.717) is 11.1 Å². The predicted octanol–water partition coefficient (Wildman–Crippen LogP) is 4.86. The van der Waals surface area contributed by atoms with E-state index in [2.05, 4.69) is 15.9 Å². The van der Waals surface area contributed by atoms with E-state index in [0.717, 1.165) is 10.2 Å². The summed E-state index contributed by atoms with van der Waals surface area (Å²) in [6, 6.07) is 14.6. The second-order valence-electron chi connectivity index (χ2n) is 5.57. The number of carbonyl (C=O) groups excluding carboxylic acids is 1. The molecule has 0 N–H and O–H groups in total. The number of hydrogen-bond acceptors (Lipinski definition) is 2. The number of carbonyl (C=O) groups is 1. The van der Waals surface area contributed by atoms with Crippen molar-refractivity contribution in [2.45, 2.75) is 26.4 Å². The molecule has 0 fully saturated rings. The van der Waals surface area contributed by atoms with Gasteiger partial charge in [0.15, 0.2) is 5.78 Å². The van der Waals surface area contributed by atoms with Crippen LogP contribution in [0.25, 0.3) is 0 Å². The van der Waals surface area contributed by atoms with Crippen molar-refractivity contribution in [1.29, 1.82) is 0 Å². The molecule has 0 saturated heterocycles. The van der Waals surface area contributed by atoms with Crippen LogP contribution in [-0.4, -0.2) is 11.4 Å². The minimum atomic E-state index is -0.239. The van der Waals surface area contributed by atoms with Gasteiger partial charge < -0.3 is 4.74 Å². The number of benzene rings is 2. The first-order chi connectivity index (χ1) is 9.35. The molecular formula is C17H17BrO2. The molecule has 0 aliphatic rings. The first-order valence-electron chi connectivity index (χ1n) is 6.44. The van der Waals surface area contributed by atoms with Gasteiger partial charge in [-0.05, 0) is 69.3 Å². The summed E-state index contributed by atoms with van der Waals surface area (Å²) in [4.78, 5) is 12.3. The van der Waals surface area contributed by atoms with E-state index in [9.17, 15) is 4.79 Å². The fourth-order valence-corrected chi connectivity index (χ4v) is 2.06. The summed E-state index contributed by atoms with van der Waals surface area (Å²) in [7, 11) is 0. The van der Waals surface area contributed by atoms with Crippen LogP contribution in [-0.2, 0) is 0 Å². The van der Waals surface area contributed by atoms with Gasteiger partial charge in [0.25, 0.3) is 0 Å². The van der Waals surface area contributed by atoms with Crippen LogP contribution in [0.4, 0.5) is 0 Å². The summed E-state index contributed by atoms with van der Waals surface area (Å²) >= 11 is 3.36. The normalized spacial score (nSPS) is 11.2. The lowest BCUT2D eigenvalue weighted by Crippen LogP contribution is -2.22. The number of hydrogen-bond donors (Lipinski definition) is 0. The van der Waals surface area contributed by atoms with Crippen molar-refractivity contribution in [1.82, 2.24) is 0 Å². The molecule has 0 aliphatic heterocycles. The van der Waals surface area contributed by atoms with E-state index in [1.54, 1.807) is 12.1 Å². The Labute approximate surface area is 127 Å². The molecule has 0 aromatic heterocycles. The SMILES string of the molecule is CC(C)(C)Oc1ccc(C(=O)c2ccc(Br)cc2)cc1. The zero-order valence-corrected chi connectivity index (χ0v) is 13.4. The lowest BCUT2D eigenvalue weighted by atomic mass is 10.0. The Morgan fingerprint density at radius 2 is 1.35 bits per heavy atom. The second kappa shape index (κ2) is 5.80. The van der Waals surface area contributed by atoms with Crippen LogP contribution in [0, 0.1) is 0 Å². The molecule has 0 saturated carbocycles. The fraction of sp³-hybridized carbons (Fsp3) is 0.235. The monoisotopic (exact) mass is 332 g/mol. The first-order valence-corrected chi connectivity index (χ1v) is 7.24. The van der Waals surface area contributed by atoms with E-state index in [1.807, 2.05) is 57.2 Å². The maximum atomic E-state index is 12.3. The lowest BCUT2D eigenvalue weighted by Gasteiger charge is -2.21. The minimum Gasteiger partial charge on any atom is -0.488 e. The van der Waals surface area contributed by atoms with Crippen LogP contribution >= 0.6 is 15.9 Å². The molecule has 2 aromatic carbocycles. The summed E-state index contributed by atoms with van der Waals surface area (Å²) in [5, 5.41) is 0. The van der Waals surface area contributed by atoms with Gasteiger partial charge >= 0.3 is 0 Å². The average molecular weight is 333 g/mol. The third-order valence-electron chi connectivity index (χ3n) is 2.65. The van der Waals surface area contributed by atoms with E-state index in [-0.39, 0.29) is 11.4 Å². The van der Waals surface area contributed by atoms with Crippen molar-refractivity contribution in [3.05, 3.63) is 64.1 Å². The van der Waals surface area contributed by atoms with Crippen LogP contribution in [0.5, 0.6) is 5.75 Å². The van der Waals surface area contributed by atoms with Gasteiger partial charge in [-0.15, -0.1) is 0 Å². The van der Waals surface area contributed by atoms with E-state index < -0.39 is 0 Å². The van der Waals surface area contributed by atoms with Crippen molar-refractivity contribution >= 4 is 21.7 Å². The smallest absolute Gasteiger partial charge is 0.193 e. The molecule has 20 heavy (non-hydrogen) atoms. The number of halogens is 1. The Hall–Kier alpha value is -1.61. The number of ether oxygens (including phenoxy) is 1. The maximum absolute atomic E-state index is 12.3. The second-order valence-corrected chi connectivity index (χ2v) is 6.49. The van der Waals surface area contributed by atoms with Gasteiger partial charge in [-0.2, -0.15) is 0 Å². The molecule has 0 radical (unpaired) electrons. The topological polar surface area (TPSA) is 26.3 Å². The van der Waals surface area contributed by atoms with Gasteiger partial charge in [0.1, 0.15) is 11.4 Å². The molecule has 0 atom stereocenters. The molecule has 3 heteroatoms. The third-order valence-corrected chi connectivity index (χ3v) is 3.18. The quantitative estimate of drug-likeness (QED) is 0.750. The lowest BCUT2D eigenvalue weighted by molar-refractivity contribution is 0.103. The van der Waals surface area contributed by atoms with Crippen LogP contribution in [0.3, 0.4) is 0 Å². The molecular weight excluding hydrogens is 316 g/mol. The van der Waals surface area contributed by atoms with Gasteiger partial charge in [0.05, 0.1) is 0 Å². The molecule has 0 bridgehead atoms. The van der Waals surface area contributed by atoms with Crippen molar-refractivity contribution in [2.24, 2.45) is 0 Å². The highest BCUT2D eigenvalue weighted by Crippen LogP contribution is 2.20. The van der Waals surface area contributed by atoms with E-state index in [4.69, 9.17) is 4.74 Å². The number of rotatable bonds is 3. The Balaban J connectivity index is 2.17. The van der Waals surface area contributed by atoms with Gasteiger partial charge in [-0.3, -0.25) is 4.79 Å². The average Bonchev–Trinajstić information content (AvgIpc) is 2.38. The summed E-state index contributed by atoms with van der Waals surface area (Å²) < 4.78 is 6.70. The summed E-state index contributed by atoms with van der Waals surface area (Å²) in [5.74, 6) is 0.782. The van der Waals surface area contributed by atoms with Crippen LogP contribution in [0.2, 0.25) is 0 Å². The van der Waals surface area contributed by atoms with Gasteiger partial charge in [0.2, 0.25) is 0 Å². The highest BCUT2D eigenvalue weighted by molar-refractivity contribution is 9.10. The summed E-state index contributed by atoms with van der Waals surface area (Å²) in [6.07, 6.45) is 0. The Kier molecular flexibility index (Phi) is 4.29. The van der Waals surface area contributed by atoms with E-state index in [1.165, 1.54) is 0 Å². The summed E-state index contributed by atoms with van der Waals surface area (Å²) in [5.41, 5.74) is 1.10. The Bertz CT molecular complexity index is 592. The van der Waals surface area contributed by atoms with Gasteiger partial charge in [0, 0.05) is 15.6 Å². The third kappa shape index (κ3) is 3.94. The van der Waals surface area contributed by atoms with Gasteiger partial charge in [-0.1, -0.05) is 15.9 Å². The zero-order valence-electron chi connectivity index (χ0n) is 11.8. The molecule has 2 aromatic rings. The first kappa shape index (κ1) is 14.8.